The van der Waals surface area contributed by atoms with Crippen LogP contribution in [-0.4, -0.2) is 42.2 Å². The lowest BCUT2D eigenvalue weighted by Gasteiger charge is -2.31. The molecule has 0 atom stereocenters. The molecule has 1 rings (SSSR count). The number of amides is 1. The van der Waals surface area contributed by atoms with Crippen molar-refractivity contribution in [2.24, 2.45) is 11.7 Å². The molecule has 4 nitrogen and oxygen atoms in total. The monoisotopic (exact) mass is 228 g/mol. The highest BCUT2D eigenvalue weighted by atomic mass is 16.2. The molecule has 1 aliphatic heterocycles. The van der Waals surface area contributed by atoms with Gasteiger partial charge in [-0.3, -0.25) is 4.79 Å². The molecule has 1 amide bonds. The highest BCUT2D eigenvalue weighted by molar-refractivity contribution is 5.73. The van der Waals surface area contributed by atoms with Crippen LogP contribution in [0.1, 0.15) is 38.5 Å². The minimum Gasteiger partial charge on any atom is -0.396 e. The Hall–Kier alpha value is -0.610. The van der Waals surface area contributed by atoms with Crippen molar-refractivity contribution in [2.45, 2.75) is 38.5 Å². The fourth-order valence-corrected chi connectivity index (χ4v) is 2.32. The molecule has 0 spiro atoms. The maximum absolute atomic E-state index is 10.8. The van der Waals surface area contributed by atoms with Gasteiger partial charge in [-0.2, -0.15) is 0 Å². The number of hydrogen-bond acceptors (Lipinski definition) is 3. The van der Waals surface area contributed by atoms with E-state index in [9.17, 15) is 4.79 Å². The van der Waals surface area contributed by atoms with Crippen molar-refractivity contribution in [1.82, 2.24) is 4.90 Å². The van der Waals surface area contributed by atoms with Crippen molar-refractivity contribution in [2.75, 3.05) is 26.2 Å². The number of nitrogens with two attached hydrogens (primary N) is 1. The van der Waals surface area contributed by atoms with Gasteiger partial charge in [0.1, 0.15) is 0 Å². The number of carbonyl (C=O) groups is 1. The summed E-state index contributed by atoms with van der Waals surface area (Å²) >= 11 is 0. The van der Waals surface area contributed by atoms with E-state index in [1.54, 1.807) is 0 Å². The van der Waals surface area contributed by atoms with Gasteiger partial charge in [-0.15, -0.1) is 0 Å². The molecule has 0 saturated carbocycles. The SMILES string of the molecule is NC(=O)CC1CCN(CCCCCO)CC1. The average Bonchev–Trinajstić information content (AvgIpc) is 2.26. The summed E-state index contributed by atoms with van der Waals surface area (Å²) in [4.78, 5) is 13.2. The number of hydrogen-bond donors (Lipinski definition) is 2. The highest BCUT2D eigenvalue weighted by Gasteiger charge is 2.19. The average molecular weight is 228 g/mol. The molecule has 0 aliphatic carbocycles. The molecule has 4 heteroatoms. The standard InChI is InChI=1S/C12H24N2O2/c13-12(16)10-11-4-7-14(8-5-11)6-2-1-3-9-15/h11,15H,1-10H2,(H2,13,16). The summed E-state index contributed by atoms with van der Waals surface area (Å²) in [5.41, 5.74) is 5.20. The van der Waals surface area contributed by atoms with E-state index in [0.717, 1.165) is 45.3 Å². The normalized spacial score (nSPS) is 18.8. The van der Waals surface area contributed by atoms with Crippen LogP contribution in [0.2, 0.25) is 0 Å². The maximum Gasteiger partial charge on any atom is 0.217 e. The second kappa shape index (κ2) is 7.63. The van der Waals surface area contributed by atoms with Gasteiger partial charge in [0, 0.05) is 13.0 Å². The Labute approximate surface area is 97.8 Å². The van der Waals surface area contributed by atoms with Gasteiger partial charge >= 0.3 is 0 Å². The molecule has 1 saturated heterocycles. The van der Waals surface area contributed by atoms with Gasteiger partial charge in [0.15, 0.2) is 0 Å². The third-order valence-corrected chi connectivity index (χ3v) is 3.33. The Morgan fingerprint density at radius 3 is 2.50 bits per heavy atom. The van der Waals surface area contributed by atoms with Crippen LogP contribution in [0.5, 0.6) is 0 Å². The van der Waals surface area contributed by atoms with E-state index in [-0.39, 0.29) is 5.91 Å². The molecule has 0 radical (unpaired) electrons. The Balaban J connectivity index is 2.05. The zero-order valence-electron chi connectivity index (χ0n) is 10.0. The summed E-state index contributed by atoms with van der Waals surface area (Å²) in [6, 6.07) is 0. The number of carbonyl (C=O) groups excluding carboxylic acids is 1. The minimum absolute atomic E-state index is 0.165. The van der Waals surface area contributed by atoms with E-state index < -0.39 is 0 Å². The van der Waals surface area contributed by atoms with Gasteiger partial charge in [0.25, 0.3) is 0 Å². The number of rotatable bonds is 7. The zero-order chi connectivity index (χ0) is 11.8. The Morgan fingerprint density at radius 1 is 1.25 bits per heavy atom. The molecule has 0 aromatic carbocycles. The molecule has 0 bridgehead atoms. The van der Waals surface area contributed by atoms with Crippen molar-refractivity contribution in [1.29, 1.82) is 0 Å². The van der Waals surface area contributed by atoms with Crippen molar-refractivity contribution in [3.05, 3.63) is 0 Å². The number of nitrogens with zero attached hydrogens (tertiary/aromatic N) is 1. The summed E-state index contributed by atoms with van der Waals surface area (Å²) in [5, 5.41) is 8.66. The van der Waals surface area contributed by atoms with Crippen LogP contribution in [0, 0.1) is 5.92 Å². The van der Waals surface area contributed by atoms with Crippen molar-refractivity contribution >= 4 is 5.91 Å². The second-order valence-corrected chi connectivity index (χ2v) is 4.74. The van der Waals surface area contributed by atoms with Gasteiger partial charge in [-0.1, -0.05) is 0 Å². The summed E-state index contributed by atoms with van der Waals surface area (Å²) in [5.74, 6) is 0.340. The Morgan fingerprint density at radius 2 is 1.94 bits per heavy atom. The van der Waals surface area contributed by atoms with E-state index in [0.29, 0.717) is 18.9 Å². The maximum atomic E-state index is 10.8. The smallest absolute Gasteiger partial charge is 0.217 e. The molecular formula is C12H24N2O2. The lowest BCUT2D eigenvalue weighted by molar-refractivity contribution is -0.119. The largest absolute Gasteiger partial charge is 0.396 e. The predicted octanol–water partition coefficient (Wildman–Crippen LogP) is 0.736. The first-order valence-corrected chi connectivity index (χ1v) is 6.34. The van der Waals surface area contributed by atoms with Crippen LogP contribution in [-0.2, 0) is 4.79 Å². The molecular weight excluding hydrogens is 204 g/mol. The van der Waals surface area contributed by atoms with Crippen molar-refractivity contribution in [3.63, 3.8) is 0 Å². The van der Waals surface area contributed by atoms with Gasteiger partial charge in [-0.05, 0) is 57.7 Å². The van der Waals surface area contributed by atoms with E-state index in [4.69, 9.17) is 10.8 Å². The van der Waals surface area contributed by atoms with Crippen LogP contribution in [0.25, 0.3) is 0 Å². The molecule has 0 unspecified atom stereocenters. The highest BCUT2D eigenvalue weighted by Crippen LogP contribution is 2.20. The fraction of sp³-hybridized carbons (Fsp3) is 0.917. The summed E-state index contributed by atoms with van der Waals surface area (Å²) in [6.07, 6.45) is 5.95. The number of aliphatic hydroxyl groups is 1. The molecule has 1 fully saturated rings. The van der Waals surface area contributed by atoms with Crippen LogP contribution in [0.4, 0.5) is 0 Å². The molecule has 0 aromatic heterocycles. The quantitative estimate of drug-likeness (QED) is 0.631. The third-order valence-electron chi connectivity index (χ3n) is 3.33. The molecule has 1 heterocycles. The van der Waals surface area contributed by atoms with Gasteiger partial charge < -0.3 is 15.7 Å². The van der Waals surface area contributed by atoms with E-state index in [1.807, 2.05) is 0 Å². The van der Waals surface area contributed by atoms with Crippen LogP contribution >= 0.6 is 0 Å². The van der Waals surface area contributed by atoms with E-state index >= 15 is 0 Å². The van der Waals surface area contributed by atoms with Gasteiger partial charge in [0.2, 0.25) is 5.91 Å². The van der Waals surface area contributed by atoms with Crippen molar-refractivity contribution in [3.8, 4) is 0 Å². The molecule has 16 heavy (non-hydrogen) atoms. The minimum atomic E-state index is -0.165. The van der Waals surface area contributed by atoms with Crippen molar-refractivity contribution < 1.29 is 9.90 Å². The second-order valence-electron chi connectivity index (χ2n) is 4.74. The van der Waals surface area contributed by atoms with E-state index in [2.05, 4.69) is 4.90 Å². The lowest BCUT2D eigenvalue weighted by atomic mass is 9.93. The number of piperidine rings is 1. The number of primary amides is 1. The zero-order valence-corrected chi connectivity index (χ0v) is 10.0. The molecule has 3 N–H and O–H groups in total. The van der Waals surface area contributed by atoms with Crippen LogP contribution < -0.4 is 5.73 Å². The molecule has 1 aliphatic rings. The summed E-state index contributed by atoms with van der Waals surface area (Å²) < 4.78 is 0. The number of aliphatic hydroxyl groups excluding tert-OH is 1. The Bertz CT molecular complexity index is 201. The molecule has 0 aromatic rings. The fourth-order valence-electron chi connectivity index (χ4n) is 2.32. The lowest BCUT2D eigenvalue weighted by Crippen LogP contribution is -2.35. The summed E-state index contributed by atoms with van der Waals surface area (Å²) in [7, 11) is 0. The molecule has 94 valence electrons. The summed E-state index contributed by atoms with van der Waals surface area (Å²) in [6.45, 7) is 3.62. The first-order valence-electron chi connectivity index (χ1n) is 6.34. The third kappa shape index (κ3) is 5.47. The van der Waals surface area contributed by atoms with Gasteiger partial charge in [0.05, 0.1) is 0 Å². The Kier molecular flexibility index (Phi) is 6.42. The van der Waals surface area contributed by atoms with Crippen LogP contribution in [0.15, 0.2) is 0 Å². The van der Waals surface area contributed by atoms with Crippen LogP contribution in [0.3, 0.4) is 0 Å². The first-order chi connectivity index (χ1) is 7.72. The number of unbranched alkanes of at least 4 members (excludes halogenated alkanes) is 2. The van der Waals surface area contributed by atoms with Gasteiger partial charge in [-0.25, -0.2) is 0 Å². The number of likely N-dealkylation sites (tertiary alicyclic amines) is 1. The first kappa shape index (κ1) is 13.5. The van der Waals surface area contributed by atoms with E-state index in [1.165, 1.54) is 6.42 Å². The predicted molar refractivity (Wildman–Crippen MR) is 63.9 cm³/mol. The topological polar surface area (TPSA) is 66.6 Å².